The number of aliphatic hydroxyl groups is 1. The van der Waals surface area contributed by atoms with Crippen LogP contribution in [0.15, 0.2) is 18.3 Å². The first-order valence-corrected chi connectivity index (χ1v) is 9.92. The second kappa shape index (κ2) is 6.82. The molecule has 2 fully saturated rings. The zero-order valence-corrected chi connectivity index (χ0v) is 16.4. The number of nitrogens with two attached hydrogens (primary N) is 2. The number of rotatable bonds is 5. The van der Waals surface area contributed by atoms with Crippen LogP contribution in [0.3, 0.4) is 0 Å². The van der Waals surface area contributed by atoms with E-state index in [2.05, 4.69) is 25.7 Å². The molecule has 2 aromatic heterocycles. The Bertz CT molecular complexity index is 1080. The highest BCUT2D eigenvalue weighted by Crippen LogP contribution is 2.38. The summed E-state index contributed by atoms with van der Waals surface area (Å²) in [4.78, 5) is 10.9. The summed E-state index contributed by atoms with van der Waals surface area (Å²) in [5.74, 6) is 1.35. The maximum absolute atomic E-state index is 9.86. The van der Waals surface area contributed by atoms with E-state index in [1.54, 1.807) is 12.3 Å². The average Bonchev–Trinajstić information content (AvgIpc) is 3.27. The van der Waals surface area contributed by atoms with Gasteiger partial charge in [0.05, 0.1) is 28.7 Å². The number of aromatic nitrogens is 4. The van der Waals surface area contributed by atoms with Gasteiger partial charge in [-0.1, -0.05) is 11.6 Å². The van der Waals surface area contributed by atoms with Crippen LogP contribution in [-0.4, -0.2) is 49.9 Å². The van der Waals surface area contributed by atoms with Crippen LogP contribution in [0.5, 0.6) is 0 Å². The smallest absolute Gasteiger partial charge is 0.247 e. The summed E-state index contributed by atoms with van der Waals surface area (Å²) in [6, 6.07) is 3.93. The molecule has 11 heteroatoms. The lowest BCUT2D eigenvalue weighted by Crippen LogP contribution is -2.22. The Morgan fingerprint density at radius 1 is 1.21 bits per heavy atom. The summed E-state index contributed by atoms with van der Waals surface area (Å²) in [5.41, 5.74) is 14.6. The first-order valence-electron chi connectivity index (χ1n) is 9.55. The van der Waals surface area contributed by atoms with Crippen molar-refractivity contribution in [2.24, 2.45) is 0 Å². The first-order chi connectivity index (χ1) is 14.0. The highest BCUT2D eigenvalue weighted by molar-refractivity contribution is 6.36. The maximum atomic E-state index is 9.86. The predicted octanol–water partition coefficient (Wildman–Crippen LogP) is 1.83. The molecule has 1 aliphatic carbocycles. The normalized spacial score (nSPS) is 19.1. The van der Waals surface area contributed by atoms with E-state index >= 15 is 0 Å². The SMILES string of the molecule is Nc1cc(Nc2nc(NC3CC3)c3ncc(N)n3n2)c(Cl)c(N2CCC(O)C2)c1. The van der Waals surface area contributed by atoms with Crippen LogP contribution in [0.1, 0.15) is 19.3 Å². The Morgan fingerprint density at radius 3 is 2.76 bits per heavy atom. The fourth-order valence-corrected chi connectivity index (χ4v) is 3.78. The van der Waals surface area contributed by atoms with Gasteiger partial charge in [0.15, 0.2) is 11.5 Å². The maximum Gasteiger partial charge on any atom is 0.247 e. The predicted molar refractivity (Wildman–Crippen MR) is 114 cm³/mol. The van der Waals surface area contributed by atoms with Gasteiger partial charge in [0.1, 0.15) is 5.82 Å². The van der Waals surface area contributed by atoms with Crippen LogP contribution in [0, 0.1) is 0 Å². The van der Waals surface area contributed by atoms with Crippen molar-refractivity contribution in [1.29, 1.82) is 0 Å². The largest absolute Gasteiger partial charge is 0.399 e. The molecular weight excluding hydrogens is 394 g/mol. The van der Waals surface area contributed by atoms with Gasteiger partial charge in [-0.3, -0.25) is 0 Å². The number of nitrogens with zero attached hydrogens (tertiary/aromatic N) is 5. The molecule has 1 aromatic carbocycles. The molecule has 3 aromatic rings. The zero-order valence-electron chi connectivity index (χ0n) is 15.6. The standard InChI is InChI=1S/C18H22ClN9O/c19-15-12(5-9(20)6-13(15)27-4-3-11(29)8-27)24-18-25-16(23-10-1-2-10)17-22-7-14(21)28(17)26-18/h5-7,10-11,29H,1-4,8,20-21H2,(H2,23,24,25,26). The van der Waals surface area contributed by atoms with Crippen molar-refractivity contribution in [3.8, 4) is 0 Å². The molecule has 3 heterocycles. The number of fused-ring (bicyclic) bond motifs is 1. The van der Waals surface area contributed by atoms with E-state index in [9.17, 15) is 5.11 Å². The Morgan fingerprint density at radius 2 is 2.03 bits per heavy atom. The van der Waals surface area contributed by atoms with E-state index in [0.29, 0.717) is 65.2 Å². The lowest BCUT2D eigenvalue weighted by atomic mass is 10.2. The number of benzene rings is 1. The number of hydrogen-bond acceptors (Lipinski definition) is 9. The summed E-state index contributed by atoms with van der Waals surface area (Å²) in [6.07, 6.45) is 4.08. The fourth-order valence-electron chi connectivity index (χ4n) is 3.50. The molecule has 0 spiro atoms. The van der Waals surface area contributed by atoms with Gasteiger partial charge in [-0.05, 0) is 31.4 Å². The molecule has 1 aliphatic heterocycles. The van der Waals surface area contributed by atoms with Crippen LogP contribution in [-0.2, 0) is 0 Å². The van der Waals surface area contributed by atoms with Crippen molar-refractivity contribution in [3.05, 3.63) is 23.4 Å². The van der Waals surface area contributed by atoms with Crippen molar-refractivity contribution < 1.29 is 5.11 Å². The topological polar surface area (TPSA) is 143 Å². The number of β-amino-alcohol motifs (C(OH)–C–C–N with tert-alkyl or cyclic N) is 1. The Hall–Kier alpha value is -2.98. The van der Waals surface area contributed by atoms with E-state index in [0.717, 1.165) is 18.5 Å². The highest BCUT2D eigenvalue weighted by atomic mass is 35.5. The lowest BCUT2D eigenvalue weighted by Gasteiger charge is -2.22. The average molecular weight is 416 g/mol. The van der Waals surface area contributed by atoms with Crippen LogP contribution in [0.2, 0.25) is 5.02 Å². The van der Waals surface area contributed by atoms with Crippen LogP contribution in [0.25, 0.3) is 5.65 Å². The summed E-state index contributed by atoms with van der Waals surface area (Å²) in [5, 5.41) is 21.3. The van der Waals surface area contributed by atoms with Crippen molar-refractivity contribution >= 4 is 51.9 Å². The summed E-state index contributed by atoms with van der Waals surface area (Å²) >= 11 is 6.66. The molecule has 1 unspecified atom stereocenters. The number of hydrogen-bond donors (Lipinski definition) is 5. The molecule has 5 rings (SSSR count). The molecular formula is C18H22ClN9O. The van der Waals surface area contributed by atoms with E-state index in [4.69, 9.17) is 23.1 Å². The van der Waals surface area contributed by atoms with Gasteiger partial charge >= 0.3 is 0 Å². The first kappa shape index (κ1) is 18.1. The highest BCUT2D eigenvalue weighted by Gasteiger charge is 2.25. The van der Waals surface area contributed by atoms with Gasteiger partial charge in [0.2, 0.25) is 5.95 Å². The molecule has 1 saturated carbocycles. The van der Waals surface area contributed by atoms with Gasteiger partial charge < -0.3 is 32.1 Å². The van der Waals surface area contributed by atoms with Crippen molar-refractivity contribution in [3.63, 3.8) is 0 Å². The van der Waals surface area contributed by atoms with E-state index in [-0.39, 0.29) is 6.10 Å². The minimum atomic E-state index is -0.366. The number of imidazole rings is 1. The van der Waals surface area contributed by atoms with Crippen molar-refractivity contribution in [2.45, 2.75) is 31.4 Å². The molecule has 0 radical (unpaired) electrons. The van der Waals surface area contributed by atoms with Gasteiger partial charge in [-0.25, -0.2) is 4.98 Å². The molecule has 2 aliphatic rings. The van der Waals surface area contributed by atoms with E-state index in [1.165, 1.54) is 4.52 Å². The number of anilines is 6. The third-order valence-corrected chi connectivity index (χ3v) is 5.53. The molecule has 1 saturated heterocycles. The molecule has 152 valence electrons. The molecule has 0 bridgehead atoms. The number of aliphatic hydroxyl groups excluding tert-OH is 1. The molecule has 0 amide bonds. The summed E-state index contributed by atoms with van der Waals surface area (Å²) in [7, 11) is 0. The third kappa shape index (κ3) is 3.45. The third-order valence-electron chi connectivity index (χ3n) is 5.13. The Labute approximate surface area is 171 Å². The molecule has 29 heavy (non-hydrogen) atoms. The zero-order chi connectivity index (χ0) is 20.1. The molecule has 1 atom stereocenters. The van der Waals surface area contributed by atoms with Crippen molar-refractivity contribution in [2.75, 3.05) is 40.1 Å². The van der Waals surface area contributed by atoms with Gasteiger partial charge in [-0.2, -0.15) is 9.50 Å². The Balaban J connectivity index is 1.52. The van der Waals surface area contributed by atoms with Gasteiger partial charge in [0.25, 0.3) is 0 Å². The number of nitrogens with one attached hydrogen (secondary N) is 2. The second-order valence-electron chi connectivity index (χ2n) is 7.54. The van der Waals surface area contributed by atoms with Crippen molar-refractivity contribution in [1.82, 2.24) is 19.6 Å². The summed E-state index contributed by atoms with van der Waals surface area (Å²) in [6.45, 7) is 1.24. The Kier molecular flexibility index (Phi) is 4.25. The monoisotopic (exact) mass is 415 g/mol. The van der Waals surface area contributed by atoms with Crippen LogP contribution >= 0.6 is 11.6 Å². The lowest BCUT2D eigenvalue weighted by molar-refractivity contribution is 0.198. The van der Waals surface area contributed by atoms with Gasteiger partial charge in [-0.15, -0.1) is 5.10 Å². The summed E-state index contributed by atoms with van der Waals surface area (Å²) < 4.78 is 1.54. The minimum absolute atomic E-state index is 0.324. The molecule has 7 N–H and O–H groups in total. The quantitative estimate of drug-likeness (QED) is 0.394. The number of halogens is 1. The van der Waals surface area contributed by atoms with E-state index < -0.39 is 0 Å². The second-order valence-corrected chi connectivity index (χ2v) is 7.91. The minimum Gasteiger partial charge on any atom is -0.399 e. The van der Waals surface area contributed by atoms with Gasteiger partial charge in [0, 0.05) is 24.8 Å². The number of nitrogen functional groups attached to an aromatic ring is 2. The molecule has 10 nitrogen and oxygen atoms in total. The van der Waals surface area contributed by atoms with Crippen LogP contribution < -0.4 is 27.0 Å². The van der Waals surface area contributed by atoms with Crippen LogP contribution in [0.4, 0.5) is 34.6 Å². The fraction of sp³-hybridized carbons (Fsp3) is 0.389. The van der Waals surface area contributed by atoms with E-state index in [1.807, 2.05) is 11.0 Å².